The van der Waals surface area contributed by atoms with Crippen molar-refractivity contribution in [3.05, 3.63) is 33.6 Å². The van der Waals surface area contributed by atoms with Gasteiger partial charge in [-0.15, -0.1) is 11.8 Å². The number of rotatable bonds is 6. The molecule has 1 aromatic rings. The average molecular weight is 275 g/mol. The largest absolute Gasteiger partial charge is 0.478 e. The summed E-state index contributed by atoms with van der Waals surface area (Å²) in [4.78, 5) is 20.7. The quantitative estimate of drug-likeness (QED) is 0.356. The maximum atomic E-state index is 13.4. The van der Waals surface area contributed by atoms with Crippen molar-refractivity contribution in [2.75, 3.05) is 12.4 Å². The number of halogens is 1. The minimum atomic E-state index is -1.55. The van der Waals surface area contributed by atoms with Gasteiger partial charge in [0.25, 0.3) is 5.69 Å². The van der Waals surface area contributed by atoms with E-state index in [1.54, 1.807) is 0 Å². The third-order valence-electron chi connectivity index (χ3n) is 2.04. The highest BCUT2D eigenvalue weighted by atomic mass is 32.2. The summed E-state index contributed by atoms with van der Waals surface area (Å²) < 4.78 is 13.4. The number of aliphatic hydroxyl groups excluding tert-OH is 1. The molecule has 8 heteroatoms. The van der Waals surface area contributed by atoms with Gasteiger partial charge in [0, 0.05) is 18.4 Å². The van der Waals surface area contributed by atoms with Gasteiger partial charge in [0.05, 0.1) is 9.82 Å². The number of carboxylic acids is 1. The highest BCUT2D eigenvalue weighted by Gasteiger charge is 2.21. The maximum absolute atomic E-state index is 13.4. The lowest BCUT2D eigenvalue weighted by Gasteiger charge is -2.04. The van der Waals surface area contributed by atoms with E-state index in [-0.39, 0.29) is 11.5 Å². The SMILES string of the molecule is O=C(O)c1cc([N+](=O)[O-])c(SCCCO)cc1F. The predicted octanol–water partition coefficient (Wildman–Crippen LogP) is 1.91. The summed E-state index contributed by atoms with van der Waals surface area (Å²) in [5.41, 5.74) is -1.18. The molecule has 0 heterocycles. The normalized spacial score (nSPS) is 10.3. The van der Waals surface area contributed by atoms with Gasteiger partial charge < -0.3 is 10.2 Å². The fourth-order valence-electron chi connectivity index (χ4n) is 1.21. The Kier molecular flexibility index (Phi) is 5.05. The number of nitrogens with zero attached hydrogens (tertiary/aromatic N) is 1. The van der Waals surface area contributed by atoms with Crippen LogP contribution in [0.2, 0.25) is 0 Å². The summed E-state index contributed by atoms with van der Waals surface area (Å²) in [7, 11) is 0. The lowest BCUT2D eigenvalue weighted by atomic mass is 10.2. The van der Waals surface area contributed by atoms with Crippen molar-refractivity contribution in [1.29, 1.82) is 0 Å². The van der Waals surface area contributed by atoms with Crippen LogP contribution < -0.4 is 0 Å². The van der Waals surface area contributed by atoms with E-state index in [0.29, 0.717) is 18.2 Å². The van der Waals surface area contributed by atoms with Crippen LogP contribution in [0.25, 0.3) is 0 Å². The van der Waals surface area contributed by atoms with E-state index < -0.39 is 28.0 Å². The third-order valence-corrected chi connectivity index (χ3v) is 3.17. The van der Waals surface area contributed by atoms with Crippen LogP contribution in [-0.4, -0.2) is 33.5 Å². The van der Waals surface area contributed by atoms with Crippen molar-refractivity contribution in [3.63, 3.8) is 0 Å². The Morgan fingerprint density at radius 2 is 2.17 bits per heavy atom. The maximum Gasteiger partial charge on any atom is 0.338 e. The summed E-state index contributed by atoms with van der Waals surface area (Å²) in [6, 6.07) is 1.54. The van der Waals surface area contributed by atoms with Crippen molar-refractivity contribution in [3.8, 4) is 0 Å². The van der Waals surface area contributed by atoms with Gasteiger partial charge in [-0.25, -0.2) is 9.18 Å². The van der Waals surface area contributed by atoms with E-state index in [4.69, 9.17) is 10.2 Å². The van der Waals surface area contributed by atoms with Crippen molar-refractivity contribution in [2.24, 2.45) is 0 Å². The van der Waals surface area contributed by atoms with Crippen LogP contribution in [0.3, 0.4) is 0 Å². The van der Waals surface area contributed by atoms with Crippen LogP contribution in [0.5, 0.6) is 0 Å². The topological polar surface area (TPSA) is 101 Å². The molecule has 0 bridgehead atoms. The van der Waals surface area contributed by atoms with Crippen LogP contribution >= 0.6 is 11.8 Å². The molecule has 18 heavy (non-hydrogen) atoms. The first-order valence-corrected chi connectivity index (χ1v) is 5.90. The zero-order valence-corrected chi connectivity index (χ0v) is 9.95. The monoisotopic (exact) mass is 275 g/mol. The Labute approximate surface area is 106 Å². The van der Waals surface area contributed by atoms with Crippen molar-refractivity contribution in [2.45, 2.75) is 11.3 Å². The summed E-state index contributed by atoms with van der Waals surface area (Å²) in [6.07, 6.45) is 0.407. The molecule has 98 valence electrons. The first kappa shape index (κ1) is 14.4. The fourth-order valence-corrected chi connectivity index (χ4v) is 2.17. The summed E-state index contributed by atoms with van der Waals surface area (Å²) in [5.74, 6) is -2.19. The summed E-state index contributed by atoms with van der Waals surface area (Å²) >= 11 is 1.000. The molecule has 0 spiro atoms. The smallest absolute Gasteiger partial charge is 0.338 e. The Bertz CT molecular complexity index is 480. The second-order valence-electron chi connectivity index (χ2n) is 3.29. The van der Waals surface area contributed by atoms with Gasteiger partial charge in [-0.05, 0) is 12.5 Å². The molecule has 2 N–H and O–H groups in total. The van der Waals surface area contributed by atoms with Crippen LogP contribution in [0.4, 0.5) is 10.1 Å². The second kappa shape index (κ2) is 6.31. The van der Waals surface area contributed by atoms with E-state index in [0.717, 1.165) is 17.8 Å². The Hall–Kier alpha value is -1.67. The number of carbonyl (C=O) groups is 1. The average Bonchev–Trinajstić information content (AvgIpc) is 2.28. The molecule has 0 atom stereocenters. The lowest BCUT2D eigenvalue weighted by Crippen LogP contribution is -2.03. The fraction of sp³-hybridized carbons (Fsp3) is 0.300. The number of nitro groups is 1. The lowest BCUT2D eigenvalue weighted by molar-refractivity contribution is -0.387. The molecule has 1 aromatic carbocycles. The van der Waals surface area contributed by atoms with Crippen molar-refractivity contribution >= 4 is 23.4 Å². The van der Waals surface area contributed by atoms with Crippen LogP contribution in [-0.2, 0) is 0 Å². The number of hydrogen-bond donors (Lipinski definition) is 2. The highest BCUT2D eigenvalue weighted by Crippen LogP contribution is 2.32. The molecule has 1 rings (SSSR count). The van der Waals surface area contributed by atoms with Gasteiger partial charge in [-0.2, -0.15) is 0 Å². The molecule has 6 nitrogen and oxygen atoms in total. The van der Waals surface area contributed by atoms with Gasteiger partial charge in [0.2, 0.25) is 0 Å². The van der Waals surface area contributed by atoms with Crippen LogP contribution in [0, 0.1) is 15.9 Å². The van der Waals surface area contributed by atoms with Gasteiger partial charge in [-0.1, -0.05) is 0 Å². The van der Waals surface area contributed by atoms with Gasteiger partial charge >= 0.3 is 5.97 Å². The van der Waals surface area contributed by atoms with Crippen LogP contribution in [0.15, 0.2) is 17.0 Å². The summed E-state index contributed by atoms with van der Waals surface area (Å²) in [5, 5.41) is 28.0. The predicted molar refractivity (Wildman–Crippen MR) is 62.4 cm³/mol. The van der Waals surface area contributed by atoms with Crippen molar-refractivity contribution in [1.82, 2.24) is 0 Å². The first-order chi connectivity index (χ1) is 8.47. The van der Waals surface area contributed by atoms with Gasteiger partial charge in [0.15, 0.2) is 0 Å². The standard InChI is InChI=1S/C10H10FNO5S/c11-7-5-9(18-3-1-2-13)8(12(16)17)4-6(7)10(14)15/h4-5,13H,1-3H2,(H,14,15). The molecule has 0 aliphatic heterocycles. The van der Waals surface area contributed by atoms with E-state index in [1.165, 1.54) is 0 Å². The zero-order valence-electron chi connectivity index (χ0n) is 9.13. The van der Waals surface area contributed by atoms with E-state index in [1.807, 2.05) is 0 Å². The van der Waals surface area contributed by atoms with E-state index in [9.17, 15) is 19.3 Å². The molecule has 0 aliphatic carbocycles. The number of aliphatic hydroxyl groups is 1. The van der Waals surface area contributed by atoms with Crippen LogP contribution in [0.1, 0.15) is 16.8 Å². The molecule has 0 aromatic heterocycles. The molecule has 0 fully saturated rings. The molecular weight excluding hydrogens is 265 g/mol. The number of hydrogen-bond acceptors (Lipinski definition) is 5. The molecule has 0 amide bonds. The number of carboxylic acid groups (broad SMARTS) is 1. The van der Waals surface area contributed by atoms with E-state index in [2.05, 4.69) is 0 Å². The number of aromatic carboxylic acids is 1. The zero-order chi connectivity index (χ0) is 13.7. The highest BCUT2D eigenvalue weighted by molar-refractivity contribution is 7.99. The molecule has 0 saturated heterocycles. The second-order valence-corrected chi connectivity index (χ2v) is 4.42. The number of thioether (sulfide) groups is 1. The van der Waals surface area contributed by atoms with Crippen molar-refractivity contribution < 1.29 is 24.3 Å². The minimum absolute atomic E-state index is 0.0518. The third kappa shape index (κ3) is 3.41. The molecule has 0 aliphatic rings. The Morgan fingerprint density at radius 1 is 1.50 bits per heavy atom. The number of nitro benzene ring substituents is 1. The van der Waals surface area contributed by atoms with E-state index >= 15 is 0 Å². The Balaban J connectivity index is 3.12. The molecular formula is C10H10FNO5S. The first-order valence-electron chi connectivity index (χ1n) is 4.92. The summed E-state index contributed by atoms with van der Waals surface area (Å²) in [6.45, 7) is -0.0729. The molecule has 0 unspecified atom stereocenters. The van der Waals surface area contributed by atoms with Gasteiger partial charge in [0.1, 0.15) is 11.4 Å². The molecule has 0 saturated carbocycles. The number of benzene rings is 1. The Morgan fingerprint density at radius 3 is 2.67 bits per heavy atom. The molecule has 0 radical (unpaired) electrons. The minimum Gasteiger partial charge on any atom is -0.478 e. The van der Waals surface area contributed by atoms with Gasteiger partial charge in [-0.3, -0.25) is 10.1 Å².